The van der Waals surface area contributed by atoms with Crippen molar-refractivity contribution in [3.63, 3.8) is 0 Å². The first-order chi connectivity index (χ1) is 6.61. The van der Waals surface area contributed by atoms with E-state index in [1.54, 1.807) is 0 Å². The molecule has 16 heavy (non-hydrogen) atoms. The van der Waals surface area contributed by atoms with Crippen molar-refractivity contribution in [2.45, 2.75) is 40.0 Å². The summed E-state index contributed by atoms with van der Waals surface area (Å²) < 4.78 is 0. The Morgan fingerprint density at radius 1 is 1.31 bits per heavy atom. The molecule has 0 atom stereocenters. The largest absolute Gasteiger partial charge is 1.00 e. The van der Waals surface area contributed by atoms with E-state index >= 15 is 0 Å². The molecule has 0 aromatic heterocycles. The summed E-state index contributed by atoms with van der Waals surface area (Å²) in [6, 6.07) is 0. The van der Waals surface area contributed by atoms with Gasteiger partial charge in [0.05, 0.1) is 0 Å². The maximum absolute atomic E-state index is 9.17. The van der Waals surface area contributed by atoms with Crippen molar-refractivity contribution < 1.29 is 87.0 Å². The molecule has 0 bridgehead atoms. The second-order valence-corrected chi connectivity index (χ2v) is 4.46. The number of carbonyl (C=O) groups is 1. The fourth-order valence-corrected chi connectivity index (χ4v) is 1.70. The van der Waals surface area contributed by atoms with E-state index in [1.165, 1.54) is 25.9 Å². The Hall–Kier alpha value is 2.17. The summed E-state index contributed by atoms with van der Waals surface area (Å²) in [7, 11) is 2.22. The van der Waals surface area contributed by atoms with E-state index in [-0.39, 0.29) is 82.2 Å². The number of rotatable bonds is 2. The Bertz CT molecular complexity index is 148. The average Bonchev–Trinajstić information content (AvgIpc) is 2.19. The summed E-state index contributed by atoms with van der Waals surface area (Å²) in [5, 5.41) is 0. The topological polar surface area (TPSA) is 20.3 Å². The van der Waals surface area contributed by atoms with Gasteiger partial charge in [-0.2, -0.15) is 0 Å². The predicted molar refractivity (Wildman–Crippen MR) is 61.4 cm³/mol. The summed E-state index contributed by atoms with van der Waals surface area (Å²) in [5.74, 6) is 1.89. The molecule has 0 N–H and O–H groups in total. The summed E-state index contributed by atoms with van der Waals surface area (Å²) in [4.78, 5) is 11.6. The molecule has 0 amide bonds. The zero-order valence-corrected chi connectivity index (χ0v) is 18.6. The van der Waals surface area contributed by atoms with E-state index < -0.39 is 0 Å². The van der Waals surface area contributed by atoms with E-state index in [9.17, 15) is 4.79 Å². The van der Waals surface area contributed by atoms with E-state index in [2.05, 4.69) is 25.8 Å². The minimum Gasteiger partial charge on any atom is -1.00 e. The van der Waals surface area contributed by atoms with Crippen LogP contribution >= 0.6 is 0 Å². The Kier molecular flexibility index (Phi) is 22.1. The van der Waals surface area contributed by atoms with Gasteiger partial charge in [0.25, 0.3) is 0 Å². The molecule has 0 aromatic rings. The van der Waals surface area contributed by atoms with Crippen molar-refractivity contribution in [1.82, 2.24) is 4.90 Å². The van der Waals surface area contributed by atoms with E-state index in [1.807, 2.05) is 6.92 Å². The molecule has 1 aliphatic rings. The van der Waals surface area contributed by atoms with Gasteiger partial charge in [-0.1, -0.05) is 20.8 Å². The molecule has 0 aromatic carbocycles. The van der Waals surface area contributed by atoms with Crippen molar-refractivity contribution in [3.05, 3.63) is 0 Å². The quantitative estimate of drug-likeness (QED) is 0.349. The smallest absolute Gasteiger partial charge is 1.00 e. The van der Waals surface area contributed by atoms with Gasteiger partial charge in [-0.15, -0.1) is 0 Å². The zero-order chi connectivity index (χ0) is 11.0. The van der Waals surface area contributed by atoms with Crippen molar-refractivity contribution >= 4 is 6.29 Å². The first-order valence-corrected chi connectivity index (χ1v) is 5.74. The van der Waals surface area contributed by atoms with Crippen LogP contribution in [0.2, 0.25) is 0 Å². The molecule has 1 rings (SSSR count). The Morgan fingerprint density at radius 3 is 1.94 bits per heavy atom. The molecule has 92 valence electrons. The molecule has 0 saturated carbocycles. The number of likely N-dealkylation sites (tertiary alicyclic amines) is 1. The van der Waals surface area contributed by atoms with Crippen molar-refractivity contribution in [2.75, 3.05) is 20.1 Å². The molecule has 4 heteroatoms. The molecule has 0 spiro atoms. The number of piperidine rings is 1. The van der Waals surface area contributed by atoms with E-state index in [0.717, 1.165) is 18.1 Å². The van der Waals surface area contributed by atoms with Gasteiger partial charge in [0.2, 0.25) is 0 Å². The van der Waals surface area contributed by atoms with Gasteiger partial charge in [0.15, 0.2) is 0 Å². The Morgan fingerprint density at radius 2 is 1.69 bits per heavy atom. The van der Waals surface area contributed by atoms with Crippen LogP contribution in [0.1, 0.15) is 40.0 Å². The van der Waals surface area contributed by atoms with E-state index in [0.29, 0.717) is 6.42 Å². The summed E-state index contributed by atoms with van der Waals surface area (Å²) in [6.45, 7) is 9.12. The van der Waals surface area contributed by atoms with Crippen LogP contribution in [0.4, 0.5) is 0 Å². The standard InChI is InChI=1S/C9H19N.C3H6O.HI.Rb/c1-8(2)9-4-6-10(3)7-5-9;1-2-3-4;;/h8-9H,4-7H2,1-3H3;3H,2H2,1H3;1H;/q;;;+1/p-1. The van der Waals surface area contributed by atoms with Gasteiger partial charge >= 0.3 is 58.2 Å². The van der Waals surface area contributed by atoms with Crippen molar-refractivity contribution in [3.8, 4) is 0 Å². The predicted octanol–water partition coefficient (Wildman–Crippen LogP) is -3.41. The van der Waals surface area contributed by atoms with Gasteiger partial charge in [-0.3, -0.25) is 0 Å². The van der Waals surface area contributed by atoms with Crippen LogP contribution < -0.4 is 82.2 Å². The van der Waals surface area contributed by atoms with Crippen LogP contribution in [0.5, 0.6) is 0 Å². The average molecular weight is 412 g/mol. The summed E-state index contributed by atoms with van der Waals surface area (Å²) in [6.07, 6.45) is 4.34. The molecule has 0 aliphatic carbocycles. The van der Waals surface area contributed by atoms with Crippen LogP contribution in [0.3, 0.4) is 0 Å². The zero-order valence-electron chi connectivity index (χ0n) is 11.5. The molecular weight excluding hydrogens is 387 g/mol. The number of aldehydes is 1. The van der Waals surface area contributed by atoms with E-state index in [4.69, 9.17) is 0 Å². The summed E-state index contributed by atoms with van der Waals surface area (Å²) in [5.41, 5.74) is 0. The number of carbonyl (C=O) groups excluding carboxylic acids is 1. The molecule has 0 unspecified atom stereocenters. The maximum atomic E-state index is 9.17. The Labute approximate surface area is 167 Å². The SMILES string of the molecule is CC(C)C1CCN(C)CC1.CCC=O.[I-].[Rb+]. The first-order valence-electron chi connectivity index (χ1n) is 5.74. The van der Waals surface area contributed by atoms with Crippen molar-refractivity contribution in [2.24, 2.45) is 11.8 Å². The van der Waals surface area contributed by atoms with Crippen LogP contribution in [0.15, 0.2) is 0 Å². The molecule has 1 aliphatic heterocycles. The number of nitrogens with zero attached hydrogens (tertiary/aromatic N) is 1. The fraction of sp³-hybridized carbons (Fsp3) is 0.917. The third kappa shape index (κ3) is 12.6. The number of halogens is 1. The van der Waals surface area contributed by atoms with Crippen LogP contribution in [0, 0.1) is 11.8 Å². The fourth-order valence-electron chi connectivity index (χ4n) is 1.70. The normalized spacial score (nSPS) is 16.6. The second-order valence-electron chi connectivity index (χ2n) is 4.46. The minimum absolute atomic E-state index is 0. The minimum atomic E-state index is 0. The van der Waals surface area contributed by atoms with Crippen LogP contribution in [-0.4, -0.2) is 31.3 Å². The number of hydrogen-bond donors (Lipinski definition) is 0. The maximum Gasteiger partial charge on any atom is 1.00 e. The summed E-state index contributed by atoms with van der Waals surface area (Å²) >= 11 is 0. The first kappa shape index (κ1) is 23.3. The van der Waals surface area contributed by atoms with Crippen LogP contribution in [0.25, 0.3) is 0 Å². The third-order valence-corrected chi connectivity index (χ3v) is 2.87. The molecule has 1 fully saturated rings. The molecule has 1 saturated heterocycles. The molecular formula is C12H25INORb. The third-order valence-electron chi connectivity index (χ3n) is 2.87. The second kappa shape index (κ2) is 15.2. The van der Waals surface area contributed by atoms with Gasteiger partial charge < -0.3 is 33.7 Å². The monoisotopic (exact) mass is 411 g/mol. The van der Waals surface area contributed by atoms with Crippen LogP contribution in [-0.2, 0) is 4.79 Å². The van der Waals surface area contributed by atoms with Gasteiger partial charge in [0.1, 0.15) is 6.29 Å². The number of hydrogen-bond acceptors (Lipinski definition) is 2. The van der Waals surface area contributed by atoms with Gasteiger partial charge in [-0.05, 0) is 44.8 Å². The van der Waals surface area contributed by atoms with Gasteiger partial charge in [-0.25, -0.2) is 0 Å². The molecule has 0 radical (unpaired) electrons. The molecule has 2 nitrogen and oxygen atoms in total. The van der Waals surface area contributed by atoms with Gasteiger partial charge in [0, 0.05) is 6.42 Å². The molecule has 1 heterocycles. The van der Waals surface area contributed by atoms with Crippen molar-refractivity contribution in [1.29, 1.82) is 0 Å². The Balaban J connectivity index is -0.000000249.